The summed E-state index contributed by atoms with van der Waals surface area (Å²) in [5.74, 6) is 0.0204. The van der Waals surface area contributed by atoms with Gasteiger partial charge >= 0.3 is 0 Å². The summed E-state index contributed by atoms with van der Waals surface area (Å²) in [5, 5.41) is 3.35. The van der Waals surface area contributed by atoms with Crippen molar-refractivity contribution in [1.82, 2.24) is 4.90 Å². The molecule has 2 aromatic rings. The second-order valence-corrected chi connectivity index (χ2v) is 6.08. The molecule has 1 fully saturated rings. The van der Waals surface area contributed by atoms with E-state index in [1.165, 1.54) is 5.00 Å². The predicted molar refractivity (Wildman–Crippen MR) is 101 cm³/mol. The van der Waals surface area contributed by atoms with Gasteiger partial charge in [-0.05, 0) is 23.1 Å². The minimum atomic E-state index is -0.556. The van der Waals surface area contributed by atoms with Crippen LogP contribution in [0.5, 0.6) is 0 Å². The van der Waals surface area contributed by atoms with Crippen molar-refractivity contribution in [2.75, 3.05) is 31.1 Å². The fourth-order valence-electron chi connectivity index (χ4n) is 2.60. The van der Waals surface area contributed by atoms with E-state index in [1.54, 1.807) is 11.3 Å². The quantitative estimate of drug-likeness (QED) is 0.899. The summed E-state index contributed by atoms with van der Waals surface area (Å²) in [5.41, 5.74) is 6.97. The molecule has 1 aromatic heterocycles. The Morgan fingerprint density at radius 3 is 2.22 bits per heavy atom. The highest BCUT2D eigenvalue weighted by Gasteiger charge is 2.26. The van der Waals surface area contributed by atoms with Crippen molar-refractivity contribution in [2.45, 2.75) is 6.04 Å². The van der Waals surface area contributed by atoms with Crippen LogP contribution in [0, 0.1) is 0 Å². The van der Waals surface area contributed by atoms with Crippen molar-refractivity contribution in [1.29, 1.82) is 0 Å². The number of rotatable bonds is 3. The van der Waals surface area contributed by atoms with Crippen LogP contribution >= 0.6 is 36.2 Å². The van der Waals surface area contributed by atoms with E-state index >= 15 is 0 Å². The number of nitrogens with two attached hydrogens (primary N) is 1. The van der Waals surface area contributed by atoms with Gasteiger partial charge in [0.15, 0.2) is 0 Å². The summed E-state index contributed by atoms with van der Waals surface area (Å²) < 4.78 is 0. The van der Waals surface area contributed by atoms with E-state index in [2.05, 4.69) is 22.4 Å². The Bertz CT molecular complexity index is 587. The van der Waals surface area contributed by atoms with E-state index in [1.807, 2.05) is 35.2 Å². The van der Waals surface area contributed by atoms with Gasteiger partial charge in [0.1, 0.15) is 6.04 Å². The van der Waals surface area contributed by atoms with Gasteiger partial charge in [-0.2, -0.15) is 0 Å². The van der Waals surface area contributed by atoms with Gasteiger partial charge in [-0.25, -0.2) is 0 Å². The molecule has 126 valence electrons. The van der Waals surface area contributed by atoms with Crippen molar-refractivity contribution in [3.8, 4) is 0 Å². The lowest BCUT2D eigenvalue weighted by Gasteiger charge is -2.36. The number of hydrogen-bond donors (Lipinski definition) is 1. The van der Waals surface area contributed by atoms with Gasteiger partial charge in [-0.3, -0.25) is 4.79 Å². The zero-order valence-corrected chi connectivity index (χ0v) is 15.1. The number of thiophene rings is 1. The number of hydrogen-bond acceptors (Lipinski definition) is 4. The molecule has 0 aliphatic carbocycles. The monoisotopic (exact) mass is 373 g/mol. The normalized spacial score (nSPS) is 15.3. The Morgan fingerprint density at radius 1 is 1.00 bits per heavy atom. The molecule has 1 amide bonds. The fraction of sp³-hybridized carbons (Fsp3) is 0.312. The lowest BCUT2D eigenvalue weighted by atomic mass is 10.1. The molecule has 0 spiro atoms. The van der Waals surface area contributed by atoms with Crippen LogP contribution in [0.1, 0.15) is 11.6 Å². The molecular formula is C16H21Cl2N3OS. The van der Waals surface area contributed by atoms with Crippen molar-refractivity contribution >= 4 is 47.1 Å². The third-order valence-corrected chi connectivity index (χ3v) is 4.76. The summed E-state index contributed by atoms with van der Waals surface area (Å²) in [4.78, 5) is 16.7. The Hall–Kier alpha value is -1.27. The molecule has 0 radical (unpaired) electrons. The van der Waals surface area contributed by atoms with Gasteiger partial charge in [0.05, 0.1) is 5.00 Å². The van der Waals surface area contributed by atoms with Gasteiger partial charge in [0, 0.05) is 26.2 Å². The van der Waals surface area contributed by atoms with Crippen molar-refractivity contribution < 1.29 is 4.79 Å². The number of amides is 1. The molecule has 1 unspecified atom stereocenters. The maximum atomic E-state index is 12.5. The molecular weight excluding hydrogens is 353 g/mol. The average molecular weight is 374 g/mol. The van der Waals surface area contributed by atoms with Gasteiger partial charge < -0.3 is 15.5 Å². The van der Waals surface area contributed by atoms with Gasteiger partial charge in [0.25, 0.3) is 0 Å². The maximum Gasteiger partial charge on any atom is 0.244 e. The number of nitrogens with zero attached hydrogens (tertiary/aromatic N) is 2. The highest BCUT2D eigenvalue weighted by atomic mass is 35.5. The first kappa shape index (κ1) is 19.8. The minimum absolute atomic E-state index is 0. The third-order valence-electron chi connectivity index (χ3n) is 3.83. The van der Waals surface area contributed by atoms with E-state index in [4.69, 9.17) is 5.73 Å². The van der Waals surface area contributed by atoms with Crippen LogP contribution in [0.4, 0.5) is 5.00 Å². The second kappa shape index (κ2) is 9.13. The number of benzene rings is 1. The van der Waals surface area contributed by atoms with Crippen LogP contribution in [-0.2, 0) is 4.79 Å². The summed E-state index contributed by atoms with van der Waals surface area (Å²) >= 11 is 1.74. The van der Waals surface area contributed by atoms with E-state index in [-0.39, 0.29) is 30.7 Å². The number of carbonyl (C=O) groups is 1. The summed E-state index contributed by atoms with van der Waals surface area (Å²) in [6, 6.07) is 13.2. The van der Waals surface area contributed by atoms with Crippen LogP contribution in [0.2, 0.25) is 0 Å². The molecule has 1 aromatic carbocycles. The van der Waals surface area contributed by atoms with Crippen LogP contribution in [0.25, 0.3) is 0 Å². The van der Waals surface area contributed by atoms with Crippen molar-refractivity contribution in [3.63, 3.8) is 0 Å². The van der Waals surface area contributed by atoms with Gasteiger partial charge in [-0.15, -0.1) is 36.2 Å². The van der Waals surface area contributed by atoms with E-state index < -0.39 is 6.04 Å². The smallest absolute Gasteiger partial charge is 0.244 e. The van der Waals surface area contributed by atoms with Crippen LogP contribution in [-0.4, -0.2) is 37.0 Å². The molecule has 7 heteroatoms. The zero-order chi connectivity index (χ0) is 14.7. The summed E-state index contributed by atoms with van der Waals surface area (Å²) in [7, 11) is 0. The number of carbonyl (C=O) groups excluding carboxylic acids is 1. The van der Waals surface area contributed by atoms with Crippen molar-refractivity contribution in [3.05, 3.63) is 53.4 Å². The van der Waals surface area contributed by atoms with E-state index in [0.717, 1.165) is 31.7 Å². The lowest BCUT2D eigenvalue weighted by molar-refractivity contribution is -0.133. The Morgan fingerprint density at radius 2 is 1.65 bits per heavy atom. The molecule has 4 nitrogen and oxygen atoms in total. The Labute approximate surface area is 153 Å². The fourth-order valence-corrected chi connectivity index (χ4v) is 3.38. The average Bonchev–Trinajstić information content (AvgIpc) is 3.09. The van der Waals surface area contributed by atoms with Gasteiger partial charge in [0.2, 0.25) is 5.91 Å². The number of piperazine rings is 1. The van der Waals surface area contributed by atoms with Crippen LogP contribution in [0.15, 0.2) is 47.8 Å². The Kier molecular flexibility index (Phi) is 7.85. The molecule has 2 N–H and O–H groups in total. The first-order valence-electron chi connectivity index (χ1n) is 7.13. The molecule has 3 rings (SSSR count). The largest absolute Gasteiger partial charge is 0.360 e. The topological polar surface area (TPSA) is 49.6 Å². The summed E-state index contributed by atoms with van der Waals surface area (Å²) in [6.45, 7) is 3.20. The van der Waals surface area contributed by atoms with Gasteiger partial charge in [-0.1, -0.05) is 30.3 Å². The lowest BCUT2D eigenvalue weighted by Crippen LogP contribution is -2.51. The highest BCUT2D eigenvalue weighted by molar-refractivity contribution is 7.14. The predicted octanol–water partition coefficient (Wildman–Crippen LogP) is 2.94. The standard InChI is InChI=1S/C16H19N3OS.2ClH/c17-15(13-5-2-1-3-6-13)16(20)19-10-8-18(9-11-19)14-7-4-12-21-14;;/h1-7,12,15H,8-11,17H2;2*1H. The minimum Gasteiger partial charge on any atom is -0.360 e. The maximum absolute atomic E-state index is 12.5. The second-order valence-electron chi connectivity index (χ2n) is 5.15. The van der Waals surface area contributed by atoms with Crippen LogP contribution < -0.4 is 10.6 Å². The molecule has 1 saturated heterocycles. The highest BCUT2D eigenvalue weighted by Crippen LogP contribution is 2.23. The first-order chi connectivity index (χ1) is 10.3. The SMILES string of the molecule is Cl.Cl.NC(C(=O)N1CCN(c2cccs2)CC1)c1ccccc1. The molecule has 0 saturated carbocycles. The van der Waals surface area contributed by atoms with Crippen LogP contribution in [0.3, 0.4) is 0 Å². The Balaban J connectivity index is 0.00000132. The molecule has 23 heavy (non-hydrogen) atoms. The van der Waals surface area contributed by atoms with E-state index in [9.17, 15) is 4.79 Å². The van der Waals surface area contributed by atoms with E-state index in [0.29, 0.717) is 0 Å². The first-order valence-corrected chi connectivity index (χ1v) is 8.01. The number of anilines is 1. The third kappa shape index (κ3) is 4.61. The number of halogens is 2. The molecule has 2 heterocycles. The van der Waals surface area contributed by atoms with Crippen molar-refractivity contribution in [2.24, 2.45) is 5.73 Å². The molecule has 1 atom stereocenters. The summed E-state index contributed by atoms with van der Waals surface area (Å²) in [6.07, 6.45) is 0. The molecule has 0 bridgehead atoms. The zero-order valence-electron chi connectivity index (χ0n) is 12.6. The molecule has 1 aliphatic rings. The molecule has 1 aliphatic heterocycles.